The number of hydrogen-bond acceptors (Lipinski definition) is 1. The third kappa shape index (κ3) is 7.99. The third-order valence-electron chi connectivity index (χ3n) is 1.88. The van der Waals surface area contributed by atoms with Crippen LogP contribution >= 0.6 is 0 Å². The van der Waals surface area contributed by atoms with Gasteiger partial charge in [-0.05, 0) is 11.8 Å². The second kappa shape index (κ2) is 8.98. The number of unbranched alkanes of at least 4 members (excludes halogenated alkanes) is 5. The van der Waals surface area contributed by atoms with Crippen molar-refractivity contribution in [2.75, 3.05) is 5.75 Å². The minimum absolute atomic E-state index is 0.770. The van der Waals surface area contributed by atoms with Crippen molar-refractivity contribution in [1.82, 2.24) is 0 Å². The van der Waals surface area contributed by atoms with Gasteiger partial charge in [0.1, 0.15) is 0 Å². The third-order valence-corrected chi connectivity index (χ3v) is 2.95. The van der Waals surface area contributed by atoms with Crippen molar-refractivity contribution >= 4 is 10.8 Å². The van der Waals surface area contributed by atoms with Gasteiger partial charge in [0.05, 0.1) is 0 Å². The summed E-state index contributed by atoms with van der Waals surface area (Å²) in [5, 5.41) is 1.53. The molecule has 0 aromatic rings. The molecule has 0 saturated carbocycles. The van der Waals surface area contributed by atoms with Crippen molar-refractivity contribution in [3.05, 3.63) is 12.0 Å². The summed E-state index contributed by atoms with van der Waals surface area (Å²) in [7, 11) is -0.770. The van der Waals surface area contributed by atoms with Gasteiger partial charge in [-0.2, -0.15) is 0 Å². The van der Waals surface area contributed by atoms with Gasteiger partial charge >= 0.3 is 0 Å². The summed E-state index contributed by atoms with van der Waals surface area (Å²) in [6.45, 7) is 5.70. The second-order valence-corrected chi connectivity index (χ2v) is 4.52. The minimum atomic E-state index is -0.770. The first kappa shape index (κ1) is 11.9. The summed E-state index contributed by atoms with van der Waals surface area (Å²) in [5.74, 6) is 0.801. The normalized spacial score (nSPS) is 12.8. The first-order valence-electron chi connectivity index (χ1n) is 4.81. The van der Waals surface area contributed by atoms with E-state index in [0.717, 1.165) is 12.2 Å². The van der Waals surface area contributed by atoms with Crippen LogP contribution in [0.4, 0.5) is 0 Å². The van der Waals surface area contributed by atoms with Crippen LogP contribution in [-0.4, -0.2) is 9.96 Å². The topological polar surface area (TPSA) is 17.1 Å². The predicted molar refractivity (Wildman–Crippen MR) is 56.6 cm³/mol. The fourth-order valence-corrected chi connectivity index (χ4v) is 1.76. The predicted octanol–water partition coefficient (Wildman–Crippen LogP) is 3.24. The average Bonchev–Trinajstić information content (AvgIpc) is 2.10. The highest BCUT2D eigenvalue weighted by atomic mass is 32.2. The molecule has 0 fully saturated rings. The monoisotopic (exact) mass is 188 g/mol. The number of hydrogen-bond donors (Lipinski definition) is 0. The quantitative estimate of drug-likeness (QED) is 0.534. The van der Waals surface area contributed by atoms with Gasteiger partial charge in [0.2, 0.25) is 0 Å². The minimum Gasteiger partial charge on any atom is -0.255 e. The van der Waals surface area contributed by atoms with Crippen LogP contribution in [0.5, 0.6) is 0 Å². The largest absolute Gasteiger partial charge is 0.255 e. The Bertz CT molecular complexity index is 132. The molecule has 0 aliphatic carbocycles. The number of rotatable bonds is 8. The van der Waals surface area contributed by atoms with Crippen molar-refractivity contribution in [1.29, 1.82) is 0 Å². The highest BCUT2D eigenvalue weighted by molar-refractivity contribution is 7.87. The lowest BCUT2D eigenvalue weighted by molar-refractivity contribution is 0.623. The zero-order valence-electron chi connectivity index (χ0n) is 8.05. The maximum Gasteiger partial charge on any atom is 0.0449 e. The molecule has 0 saturated heterocycles. The van der Waals surface area contributed by atoms with Gasteiger partial charge in [0.15, 0.2) is 0 Å². The fourth-order valence-electron chi connectivity index (χ4n) is 1.11. The molecule has 12 heavy (non-hydrogen) atoms. The molecule has 0 bridgehead atoms. The molecule has 0 unspecified atom stereocenters. The smallest absolute Gasteiger partial charge is 0.0449 e. The summed E-state index contributed by atoms with van der Waals surface area (Å²) in [6, 6.07) is 0. The van der Waals surface area contributed by atoms with Gasteiger partial charge < -0.3 is 0 Å². The van der Waals surface area contributed by atoms with Gasteiger partial charge in [0, 0.05) is 16.6 Å². The van der Waals surface area contributed by atoms with Gasteiger partial charge in [-0.25, -0.2) is 0 Å². The van der Waals surface area contributed by atoms with Gasteiger partial charge in [-0.1, -0.05) is 45.6 Å². The van der Waals surface area contributed by atoms with E-state index < -0.39 is 10.8 Å². The molecule has 1 atom stereocenters. The Hall–Kier alpha value is -0.110. The molecular weight excluding hydrogens is 168 g/mol. The van der Waals surface area contributed by atoms with E-state index in [9.17, 15) is 4.21 Å². The zero-order valence-corrected chi connectivity index (χ0v) is 8.87. The SMILES string of the molecule is C=C[S@@](=O)CCCCCCCC. The van der Waals surface area contributed by atoms with E-state index in [1.54, 1.807) is 0 Å². The van der Waals surface area contributed by atoms with Crippen molar-refractivity contribution in [3.8, 4) is 0 Å². The van der Waals surface area contributed by atoms with Gasteiger partial charge in [0.25, 0.3) is 0 Å². The molecule has 0 heterocycles. The Balaban J connectivity index is 3.00. The van der Waals surface area contributed by atoms with Gasteiger partial charge in [-0.3, -0.25) is 4.21 Å². The maximum absolute atomic E-state index is 10.9. The molecule has 0 rings (SSSR count). The first-order chi connectivity index (χ1) is 5.81. The van der Waals surface area contributed by atoms with E-state index in [2.05, 4.69) is 13.5 Å². The van der Waals surface area contributed by atoms with Crippen LogP contribution in [0.2, 0.25) is 0 Å². The molecular formula is C10H20OS. The van der Waals surface area contributed by atoms with Crippen molar-refractivity contribution in [2.24, 2.45) is 0 Å². The van der Waals surface area contributed by atoms with Crippen molar-refractivity contribution in [2.45, 2.75) is 45.4 Å². The zero-order chi connectivity index (χ0) is 9.23. The van der Waals surface area contributed by atoms with E-state index >= 15 is 0 Å². The summed E-state index contributed by atoms with van der Waals surface area (Å²) in [6.07, 6.45) is 7.56. The van der Waals surface area contributed by atoms with E-state index in [0.29, 0.717) is 0 Å². The van der Waals surface area contributed by atoms with Crippen LogP contribution in [-0.2, 0) is 10.8 Å². The summed E-state index contributed by atoms with van der Waals surface area (Å²) >= 11 is 0. The highest BCUT2D eigenvalue weighted by Gasteiger charge is 1.93. The molecule has 0 spiro atoms. The standard InChI is InChI=1S/C10H20OS/c1-3-5-6-7-8-9-10-12(11)4-2/h4H,2-3,5-10H2,1H3/t12-/m1/s1. The molecule has 0 aromatic heterocycles. The maximum atomic E-state index is 10.9. The molecule has 1 nitrogen and oxygen atoms in total. The van der Waals surface area contributed by atoms with Crippen molar-refractivity contribution in [3.63, 3.8) is 0 Å². The van der Waals surface area contributed by atoms with Crippen LogP contribution in [0.1, 0.15) is 45.4 Å². The van der Waals surface area contributed by atoms with E-state index in [1.165, 1.54) is 37.5 Å². The molecule has 72 valence electrons. The van der Waals surface area contributed by atoms with Crippen LogP contribution in [0, 0.1) is 0 Å². The highest BCUT2D eigenvalue weighted by Crippen LogP contribution is 2.05. The van der Waals surface area contributed by atoms with E-state index in [4.69, 9.17) is 0 Å². The Kier molecular flexibility index (Phi) is 8.90. The van der Waals surface area contributed by atoms with Crippen molar-refractivity contribution < 1.29 is 4.21 Å². The Morgan fingerprint density at radius 2 is 1.75 bits per heavy atom. The summed E-state index contributed by atoms with van der Waals surface area (Å²) in [5.41, 5.74) is 0. The van der Waals surface area contributed by atoms with Crippen LogP contribution in [0.3, 0.4) is 0 Å². The lowest BCUT2D eigenvalue weighted by Crippen LogP contribution is -1.92. The molecule has 0 aliphatic heterocycles. The molecule has 0 radical (unpaired) electrons. The lowest BCUT2D eigenvalue weighted by Gasteiger charge is -1.98. The Morgan fingerprint density at radius 1 is 1.17 bits per heavy atom. The Morgan fingerprint density at radius 3 is 2.33 bits per heavy atom. The first-order valence-corrected chi connectivity index (χ1v) is 6.19. The van der Waals surface area contributed by atoms with Crippen LogP contribution in [0.25, 0.3) is 0 Å². The fraction of sp³-hybridized carbons (Fsp3) is 0.800. The van der Waals surface area contributed by atoms with Gasteiger partial charge in [-0.15, -0.1) is 0 Å². The summed E-state index contributed by atoms with van der Waals surface area (Å²) < 4.78 is 10.9. The molecule has 2 heteroatoms. The van der Waals surface area contributed by atoms with E-state index in [1.807, 2.05) is 0 Å². The Labute approximate surface area is 78.7 Å². The second-order valence-electron chi connectivity index (χ2n) is 3.02. The average molecular weight is 188 g/mol. The molecule has 0 aliphatic rings. The summed E-state index contributed by atoms with van der Waals surface area (Å²) in [4.78, 5) is 0. The van der Waals surface area contributed by atoms with E-state index in [-0.39, 0.29) is 0 Å². The lowest BCUT2D eigenvalue weighted by atomic mass is 10.1. The van der Waals surface area contributed by atoms with Crippen LogP contribution in [0.15, 0.2) is 12.0 Å². The molecule has 0 aromatic carbocycles. The molecule has 0 amide bonds. The van der Waals surface area contributed by atoms with Crippen LogP contribution < -0.4 is 0 Å². The molecule has 0 N–H and O–H groups in total.